The van der Waals surface area contributed by atoms with Crippen LogP contribution in [0.3, 0.4) is 0 Å². The van der Waals surface area contributed by atoms with E-state index in [2.05, 4.69) is 0 Å². The summed E-state index contributed by atoms with van der Waals surface area (Å²) in [6.07, 6.45) is 1.96. The van der Waals surface area contributed by atoms with Gasteiger partial charge in [-0.05, 0) is 49.9 Å². The molecule has 1 aromatic heterocycles. The molecule has 1 saturated heterocycles. The molecule has 4 rings (SSSR count). The van der Waals surface area contributed by atoms with Gasteiger partial charge in [-0.15, -0.1) is 0 Å². The molecule has 5 nitrogen and oxygen atoms in total. The first-order valence-corrected chi connectivity index (χ1v) is 10.9. The van der Waals surface area contributed by atoms with Gasteiger partial charge in [0.2, 0.25) is 0 Å². The number of hydrogen-bond acceptors (Lipinski definition) is 5. The Morgan fingerprint density at radius 3 is 2.83 bits per heavy atom. The Balaban J connectivity index is 1.60. The SMILES string of the molecule is Cc1ccccc1OCC(=O)N(CC1CCCO1)c1nc2c(C)ccc(Cl)c2s1. The van der Waals surface area contributed by atoms with Crippen molar-refractivity contribution in [2.24, 2.45) is 0 Å². The Morgan fingerprint density at radius 2 is 2.10 bits per heavy atom. The predicted octanol–water partition coefficient (Wildman–Crippen LogP) is 5.16. The molecule has 3 aromatic rings. The van der Waals surface area contributed by atoms with E-state index in [9.17, 15) is 4.79 Å². The molecule has 7 heteroatoms. The number of carbonyl (C=O) groups excluding carboxylic acids is 1. The molecule has 1 unspecified atom stereocenters. The van der Waals surface area contributed by atoms with E-state index >= 15 is 0 Å². The number of ether oxygens (including phenoxy) is 2. The second-order valence-corrected chi connectivity index (χ2v) is 8.62. The van der Waals surface area contributed by atoms with Crippen LogP contribution in [-0.4, -0.2) is 36.8 Å². The van der Waals surface area contributed by atoms with Crippen molar-refractivity contribution in [3.8, 4) is 5.75 Å². The summed E-state index contributed by atoms with van der Waals surface area (Å²) in [4.78, 5) is 19.6. The lowest BCUT2D eigenvalue weighted by atomic mass is 10.2. The summed E-state index contributed by atoms with van der Waals surface area (Å²) in [5.41, 5.74) is 2.86. The van der Waals surface area contributed by atoms with Crippen LogP contribution in [-0.2, 0) is 9.53 Å². The Morgan fingerprint density at radius 1 is 1.28 bits per heavy atom. The minimum absolute atomic E-state index is 0.0148. The fourth-order valence-electron chi connectivity index (χ4n) is 3.42. The molecule has 152 valence electrons. The summed E-state index contributed by atoms with van der Waals surface area (Å²) in [6, 6.07) is 11.5. The van der Waals surface area contributed by atoms with E-state index < -0.39 is 0 Å². The van der Waals surface area contributed by atoms with Crippen molar-refractivity contribution < 1.29 is 14.3 Å². The lowest BCUT2D eigenvalue weighted by Gasteiger charge is -2.23. The van der Waals surface area contributed by atoms with Crippen LogP contribution in [0.25, 0.3) is 10.2 Å². The van der Waals surface area contributed by atoms with Gasteiger partial charge in [0.1, 0.15) is 5.75 Å². The van der Waals surface area contributed by atoms with Crippen LogP contribution < -0.4 is 9.64 Å². The lowest BCUT2D eigenvalue weighted by molar-refractivity contribution is -0.120. The molecule has 0 spiro atoms. The highest BCUT2D eigenvalue weighted by Gasteiger charge is 2.27. The zero-order valence-electron chi connectivity index (χ0n) is 16.5. The molecule has 0 bridgehead atoms. The first kappa shape index (κ1) is 20.1. The highest BCUT2D eigenvalue weighted by molar-refractivity contribution is 7.23. The minimum Gasteiger partial charge on any atom is -0.483 e. The number of fused-ring (bicyclic) bond motifs is 1. The number of rotatable bonds is 6. The lowest BCUT2D eigenvalue weighted by Crippen LogP contribution is -2.40. The summed E-state index contributed by atoms with van der Waals surface area (Å²) >= 11 is 7.81. The average Bonchev–Trinajstić information content (AvgIpc) is 3.38. The molecule has 1 atom stereocenters. The van der Waals surface area contributed by atoms with Gasteiger partial charge in [-0.1, -0.05) is 47.2 Å². The largest absolute Gasteiger partial charge is 0.483 e. The van der Waals surface area contributed by atoms with E-state index in [-0.39, 0.29) is 18.6 Å². The van der Waals surface area contributed by atoms with Crippen LogP contribution in [0, 0.1) is 13.8 Å². The van der Waals surface area contributed by atoms with Crippen LogP contribution >= 0.6 is 22.9 Å². The molecule has 29 heavy (non-hydrogen) atoms. The Kier molecular flexibility index (Phi) is 6.04. The van der Waals surface area contributed by atoms with Gasteiger partial charge in [-0.25, -0.2) is 4.98 Å². The van der Waals surface area contributed by atoms with Crippen LogP contribution in [0.5, 0.6) is 5.75 Å². The van der Waals surface area contributed by atoms with E-state index in [0.717, 1.165) is 40.8 Å². The second kappa shape index (κ2) is 8.69. The zero-order chi connectivity index (χ0) is 20.4. The van der Waals surface area contributed by atoms with Gasteiger partial charge in [0.15, 0.2) is 11.7 Å². The van der Waals surface area contributed by atoms with Crippen LogP contribution in [0.2, 0.25) is 5.02 Å². The number of nitrogens with zero attached hydrogens (tertiary/aromatic N) is 2. The standard InChI is InChI=1S/C22H23ClN2O3S/c1-14-6-3-4-8-18(14)28-13-19(26)25(12-16-7-5-11-27-16)22-24-20-15(2)9-10-17(23)21(20)29-22/h3-4,6,8-10,16H,5,7,11-13H2,1-2H3. The molecule has 0 saturated carbocycles. The number of carbonyl (C=O) groups is 1. The maximum atomic E-state index is 13.1. The second-order valence-electron chi connectivity index (χ2n) is 7.23. The maximum Gasteiger partial charge on any atom is 0.266 e. The zero-order valence-corrected chi connectivity index (χ0v) is 18.1. The summed E-state index contributed by atoms with van der Waals surface area (Å²) in [6.45, 7) is 5.10. The van der Waals surface area contributed by atoms with E-state index in [1.54, 1.807) is 4.90 Å². The van der Waals surface area contributed by atoms with E-state index in [1.165, 1.54) is 11.3 Å². The molecular weight excluding hydrogens is 408 g/mol. The fraction of sp³-hybridized carbons (Fsp3) is 0.364. The highest BCUT2D eigenvalue weighted by atomic mass is 35.5. The quantitative estimate of drug-likeness (QED) is 0.542. The van der Waals surface area contributed by atoms with Gasteiger partial charge in [0, 0.05) is 6.61 Å². The molecule has 2 heterocycles. The number of thiazole rings is 1. The summed E-state index contributed by atoms with van der Waals surface area (Å²) in [7, 11) is 0. The Labute approximate surface area is 179 Å². The summed E-state index contributed by atoms with van der Waals surface area (Å²) < 4.78 is 12.5. The number of aromatic nitrogens is 1. The fourth-order valence-corrected chi connectivity index (χ4v) is 4.76. The Bertz CT molecular complexity index is 991. The van der Waals surface area contributed by atoms with Gasteiger partial charge >= 0.3 is 0 Å². The first-order chi connectivity index (χ1) is 14.0. The number of para-hydroxylation sites is 1. The molecular formula is C22H23ClN2O3S. The number of hydrogen-bond donors (Lipinski definition) is 0. The highest BCUT2D eigenvalue weighted by Crippen LogP contribution is 2.36. The molecule has 1 fully saturated rings. The molecule has 1 aliphatic rings. The minimum atomic E-state index is -0.142. The molecule has 0 N–H and O–H groups in total. The average molecular weight is 431 g/mol. The topological polar surface area (TPSA) is 51.7 Å². The predicted molar refractivity (Wildman–Crippen MR) is 117 cm³/mol. The molecule has 0 aliphatic carbocycles. The number of amides is 1. The monoisotopic (exact) mass is 430 g/mol. The normalized spacial score (nSPS) is 16.3. The van der Waals surface area contributed by atoms with Gasteiger partial charge in [-0.2, -0.15) is 0 Å². The van der Waals surface area contributed by atoms with E-state index in [0.29, 0.717) is 22.4 Å². The van der Waals surface area contributed by atoms with Crippen molar-refractivity contribution in [1.82, 2.24) is 4.98 Å². The third-order valence-electron chi connectivity index (χ3n) is 5.07. The van der Waals surface area contributed by atoms with Crippen LogP contribution in [0.1, 0.15) is 24.0 Å². The van der Waals surface area contributed by atoms with E-state index in [1.807, 2.05) is 50.2 Å². The molecule has 1 aliphatic heterocycles. The number of aryl methyl sites for hydroxylation is 2. The Hall–Kier alpha value is -2.15. The van der Waals surface area contributed by atoms with Crippen molar-refractivity contribution >= 4 is 44.2 Å². The van der Waals surface area contributed by atoms with Gasteiger partial charge in [0.25, 0.3) is 5.91 Å². The molecule has 1 amide bonds. The van der Waals surface area contributed by atoms with Crippen LogP contribution in [0.4, 0.5) is 5.13 Å². The van der Waals surface area contributed by atoms with Crippen molar-refractivity contribution in [2.75, 3.05) is 24.7 Å². The van der Waals surface area contributed by atoms with Crippen molar-refractivity contribution in [3.05, 3.63) is 52.5 Å². The summed E-state index contributed by atoms with van der Waals surface area (Å²) in [5, 5.41) is 1.28. The summed E-state index contributed by atoms with van der Waals surface area (Å²) in [5.74, 6) is 0.567. The van der Waals surface area contributed by atoms with Gasteiger partial charge in [-0.3, -0.25) is 9.69 Å². The molecule has 0 radical (unpaired) electrons. The molecule has 2 aromatic carbocycles. The number of benzene rings is 2. The van der Waals surface area contributed by atoms with Crippen molar-refractivity contribution in [3.63, 3.8) is 0 Å². The maximum absolute atomic E-state index is 13.1. The number of anilines is 1. The van der Waals surface area contributed by atoms with Crippen molar-refractivity contribution in [1.29, 1.82) is 0 Å². The third kappa shape index (κ3) is 4.39. The van der Waals surface area contributed by atoms with E-state index in [4.69, 9.17) is 26.1 Å². The number of halogens is 1. The smallest absolute Gasteiger partial charge is 0.266 e. The van der Waals surface area contributed by atoms with Crippen molar-refractivity contribution in [2.45, 2.75) is 32.8 Å². The van der Waals surface area contributed by atoms with Gasteiger partial charge in [0.05, 0.1) is 27.9 Å². The van der Waals surface area contributed by atoms with Crippen LogP contribution in [0.15, 0.2) is 36.4 Å². The van der Waals surface area contributed by atoms with Gasteiger partial charge < -0.3 is 9.47 Å². The third-order valence-corrected chi connectivity index (χ3v) is 6.61. The first-order valence-electron chi connectivity index (χ1n) is 9.69.